The molecule has 2 aromatic carbocycles. The number of para-hydroxylation sites is 2. The van der Waals surface area contributed by atoms with E-state index in [9.17, 15) is 4.79 Å². The topological polar surface area (TPSA) is 49.3 Å². The van der Waals surface area contributed by atoms with Gasteiger partial charge in [0.1, 0.15) is 5.69 Å². The van der Waals surface area contributed by atoms with Crippen molar-refractivity contribution in [1.82, 2.24) is 9.97 Å². The maximum Gasteiger partial charge on any atom is 0.278 e. The summed E-state index contributed by atoms with van der Waals surface area (Å²) in [5.74, 6) is 0.589. The van der Waals surface area contributed by atoms with E-state index in [1.807, 2.05) is 36.4 Å². The minimum Gasteiger partial charge on any atom is -0.322 e. The first-order chi connectivity index (χ1) is 12.6. The van der Waals surface area contributed by atoms with E-state index in [1.54, 1.807) is 24.3 Å². The zero-order valence-electron chi connectivity index (χ0n) is 14.8. The second-order valence-corrected chi connectivity index (χ2v) is 6.51. The number of carbonyl (C=O) groups is 1. The highest BCUT2D eigenvalue weighted by molar-refractivity contribution is 6.04. The number of aromatic nitrogens is 2. The smallest absolute Gasteiger partial charge is 0.278 e. The molecule has 0 saturated heterocycles. The lowest BCUT2D eigenvalue weighted by Crippen LogP contribution is -2.28. The summed E-state index contributed by atoms with van der Waals surface area (Å²) in [5, 5.41) is 0. The van der Waals surface area contributed by atoms with Crippen molar-refractivity contribution in [2.75, 3.05) is 16.8 Å². The lowest BCUT2D eigenvalue weighted by Gasteiger charge is -2.23. The second kappa shape index (κ2) is 6.59. The van der Waals surface area contributed by atoms with Crippen molar-refractivity contribution >= 4 is 23.1 Å². The Balaban J connectivity index is 1.59. The van der Waals surface area contributed by atoms with E-state index in [1.165, 1.54) is 5.56 Å². The first kappa shape index (κ1) is 16.3. The van der Waals surface area contributed by atoms with Crippen molar-refractivity contribution in [3.63, 3.8) is 0 Å². The molecule has 0 spiro atoms. The van der Waals surface area contributed by atoms with E-state index >= 15 is 0 Å². The summed E-state index contributed by atoms with van der Waals surface area (Å²) in [6.07, 6.45) is 4.23. The van der Waals surface area contributed by atoms with Crippen LogP contribution in [0.5, 0.6) is 0 Å². The van der Waals surface area contributed by atoms with Gasteiger partial charge in [-0.3, -0.25) is 4.79 Å². The van der Waals surface area contributed by atoms with Gasteiger partial charge in [-0.05, 0) is 37.1 Å². The molecule has 0 radical (unpaired) electrons. The molecule has 0 bridgehead atoms. The summed E-state index contributed by atoms with van der Waals surface area (Å²) < 4.78 is 0. The summed E-state index contributed by atoms with van der Waals surface area (Å²) in [5.41, 5.74) is 3.63. The van der Waals surface area contributed by atoms with Crippen LogP contribution in [-0.4, -0.2) is 29.0 Å². The van der Waals surface area contributed by atoms with Gasteiger partial charge in [0, 0.05) is 24.5 Å². The Bertz CT molecular complexity index is 924. The molecule has 5 heteroatoms. The van der Waals surface area contributed by atoms with E-state index in [0.29, 0.717) is 11.7 Å². The summed E-state index contributed by atoms with van der Waals surface area (Å²) in [6.45, 7) is 2.17. The molecule has 1 aromatic heterocycles. The highest BCUT2D eigenvalue weighted by Gasteiger charge is 2.28. The molecule has 26 heavy (non-hydrogen) atoms. The molecule has 3 aromatic rings. The predicted molar refractivity (Wildman–Crippen MR) is 103 cm³/mol. The molecule has 0 fully saturated rings. The van der Waals surface area contributed by atoms with Gasteiger partial charge in [-0.25, -0.2) is 9.97 Å². The van der Waals surface area contributed by atoms with Gasteiger partial charge in [0.05, 0.1) is 12.4 Å². The molecule has 1 amide bonds. The van der Waals surface area contributed by atoms with Gasteiger partial charge in [-0.2, -0.15) is 0 Å². The normalized spacial score (nSPS) is 15.6. The van der Waals surface area contributed by atoms with Crippen LogP contribution in [-0.2, 0) is 6.42 Å². The maximum absolute atomic E-state index is 12.7. The largest absolute Gasteiger partial charge is 0.322 e. The third-order valence-corrected chi connectivity index (χ3v) is 4.76. The summed E-state index contributed by atoms with van der Waals surface area (Å²) in [6, 6.07) is 18.2. The van der Waals surface area contributed by atoms with Crippen LogP contribution in [0.4, 0.5) is 17.2 Å². The van der Waals surface area contributed by atoms with Crippen molar-refractivity contribution in [3.8, 4) is 0 Å². The number of rotatable bonds is 3. The second-order valence-electron chi connectivity index (χ2n) is 6.51. The number of carbonyl (C=O) groups excluding carboxylic acids is 1. The highest BCUT2D eigenvalue weighted by Crippen LogP contribution is 2.36. The molecular weight excluding hydrogens is 324 g/mol. The van der Waals surface area contributed by atoms with E-state index in [-0.39, 0.29) is 5.91 Å². The molecule has 0 N–H and O–H groups in total. The Labute approximate surface area is 152 Å². The highest BCUT2D eigenvalue weighted by atomic mass is 16.2. The van der Waals surface area contributed by atoms with E-state index in [0.717, 1.165) is 23.6 Å². The lowest BCUT2D eigenvalue weighted by atomic mass is 10.1. The Hall–Kier alpha value is -3.21. The third-order valence-electron chi connectivity index (χ3n) is 4.76. The quantitative estimate of drug-likeness (QED) is 0.724. The SMILES string of the molecule is CC1Cc2ccccc2N1c1cnc(C(=O)N(C)c2ccccc2)cn1. The standard InChI is InChI=1S/C21H20N4O/c1-15-12-16-8-6-7-11-19(16)25(15)20-14-22-18(13-23-20)21(26)24(2)17-9-4-3-5-10-17/h3-11,13-15H,12H2,1-2H3. The number of nitrogens with zero attached hydrogens (tertiary/aromatic N) is 4. The summed E-state index contributed by atoms with van der Waals surface area (Å²) in [4.78, 5) is 25.3. The van der Waals surface area contributed by atoms with Gasteiger partial charge < -0.3 is 9.80 Å². The van der Waals surface area contributed by atoms with Gasteiger partial charge in [0.15, 0.2) is 5.82 Å². The molecule has 0 aliphatic carbocycles. The molecule has 4 rings (SSSR count). The van der Waals surface area contributed by atoms with Crippen LogP contribution in [0.3, 0.4) is 0 Å². The molecule has 2 heterocycles. The Morgan fingerprint density at radius 1 is 1.04 bits per heavy atom. The van der Waals surface area contributed by atoms with E-state index in [4.69, 9.17) is 0 Å². The molecule has 1 aliphatic rings. The number of anilines is 3. The van der Waals surface area contributed by atoms with Crippen molar-refractivity contribution < 1.29 is 4.79 Å². The number of hydrogen-bond donors (Lipinski definition) is 0. The fourth-order valence-electron chi connectivity index (χ4n) is 3.41. The average molecular weight is 344 g/mol. The van der Waals surface area contributed by atoms with Gasteiger partial charge in [0.2, 0.25) is 0 Å². The molecule has 0 saturated carbocycles. The van der Waals surface area contributed by atoms with Crippen LogP contribution in [0.2, 0.25) is 0 Å². The van der Waals surface area contributed by atoms with Crippen molar-refractivity contribution in [3.05, 3.63) is 78.2 Å². The van der Waals surface area contributed by atoms with Crippen molar-refractivity contribution in [2.45, 2.75) is 19.4 Å². The minimum atomic E-state index is -0.176. The molecule has 1 unspecified atom stereocenters. The maximum atomic E-state index is 12.7. The Morgan fingerprint density at radius 2 is 1.77 bits per heavy atom. The predicted octanol–water partition coefficient (Wildman–Crippen LogP) is 3.84. The number of fused-ring (bicyclic) bond motifs is 1. The third kappa shape index (κ3) is 2.81. The van der Waals surface area contributed by atoms with Gasteiger partial charge >= 0.3 is 0 Å². The molecule has 130 valence electrons. The molecule has 5 nitrogen and oxygen atoms in total. The minimum absolute atomic E-state index is 0.176. The number of benzene rings is 2. The first-order valence-electron chi connectivity index (χ1n) is 8.67. The molecule has 1 aliphatic heterocycles. The summed E-state index contributed by atoms with van der Waals surface area (Å²) >= 11 is 0. The number of hydrogen-bond acceptors (Lipinski definition) is 4. The summed E-state index contributed by atoms with van der Waals surface area (Å²) in [7, 11) is 1.74. The zero-order valence-corrected chi connectivity index (χ0v) is 14.8. The van der Waals surface area contributed by atoms with Crippen molar-refractivity contribution in [1.29, 1.82) is 0 Å². The van der Waals surface area contributed by atoms with Gasteiger partial charge in [0.25, 0.3) is 5.91 Å². The van der Waals surface area contributed by atoms with Crippen LogP contribution in [0.25, 0.3) is 0 Å². The fourth-order valence-corrected chi connectivity index (χ4v) is 3.41. The first-order valence-corrected chi connectivity index (χ1v) is 8.67. The zero-order chi connectivity index (χ0) is 18.1. The molecule has 1 atom stereocenters. The monoisotopic (exact) mass is 344 g/mol. The van der Waals surface area contributed by atoms with Crippen LogP contribution >= 0.6 is 0 Å². The van der Waals surface area contributed by atoms with Crippen LogP contribution in [0.15, 0.2) is 67.0 Å². The van der Waals surface area contributed by atoms with Gasteiger partial charge in [-0.1, -0.05) is 36.4 Å². The molecular formula is C21H20N4O. The van der Waals surface area contributed by atoms with E-state index < -0.39 is 0 Å². The number of amides is 1. The van der Waals surface area contributed by atoms with Gasteiger partial charge in [-0.15, -0.1) is 0 Å². The lowest BCUT2D eigenvalue weighted by molar-refractivity contribution is 0.0988. The van der Waals surface area contributed by atoms with Crippen LogP contribution in [0.1, 0.15) is 23.0 Å². The average Bonchev–Trinajstić information content (AvgIpc) is 3.03. The Morgan fingerprint density at radius 3 is 2.50 bits per heavy atom. The Kier molecular flexibility index (Phi) is 4.13. The van der Waals surface area contributed by atoms with Crippen LogP contribution < -0.4 is 9.80 Å². The van der Waals surface area contributed by atoms with E-state index in [2.05, 4.69) is 40.0 Å². The van der Waals surface area contributed by atoms with Crippen LogP contribution in [0, 0.1) is 0 Å². The fraction of sp³-hybridized carbons (Fsp3) is 0.190. The van der Waals surface area contributed by atoms with Crippen molar-refractivity contribution in [2.24, 2.45) is 0 Å².